The molecule has 2 aromatic rings. The van der Waals surface area contributed by atoms with Gasteiger partial charge in [-0.25, -0.2) is 0 Å². The summed E-state index contributed by atoms with van der Waals surface area (Å²) in [5, 5.41) is 2.83. The largest absolute Gasteiger partial charge is 0.493 e. The molecule has 0 aromatic heterocycles. The quantitative estimate of drug-likeness (QED) is 0.700. The van der Waals surface area contributed by atoms with E-state index in [9.17, 15) is 4.79 Å². The van der Waals surface area contributed by atoms with Crippen LogP contribution in [0.5, 0.6) is 17.2 Å². The monoisotopic (exact) mass is 383 g/mol. The van der Waals surface area contributed by atoms with Crippen molar-refractivity contribution >= 4 is 17.7 Å². The predicted molar refractivity (Wildman–Crippen MR) is 108 cm³/mol. The number of amides is 1. The zero-order valence-electron chi connectivity index (χ0n) is 16.1. The number of hydrogen-bond acceptors (Lipinski definition) is 5. The zero-order chi connectivity index (χ0) is 19.8. The van der Waals surface area contributed by atoms with E-state index in [0.717, 1.165) is 30.8 Å². The van der Waals surface area contributed by atoms with Crippen molar-refractivity contribution in [3.63, 3.8) is 0 Å². The van der Waals surface area contributed by atoms with Gasteiger partial charge < -0.3 is 24.3 Å². The minimum absolute atomic E-state index is 0.182. The summed E-state index contributed by atoms with van der Waals surface area (Å²) in [6, 6.07) is 12.8. The van der Waals surface area contributed by atoms with Gasteiger partial charge in [0.05, 0.1) is 20.3 Å². The Morgan fingerprint density at radius 3 is 2.61 bits per heavy atom. The molecule has 0 unspecified atom stereocenters. The average Bonchev–Trinajstić information content (AvgIpc) is 3.25. The normalized spacial score (nSPS) is 16.1. The van der Waals surface area contributed by atoms with Gasteiger partial charge in [0.25, 0.3) is 0 Å². The molecule has 28 heavy (non-hydrogen) atoms. The Bertz CT molecular complexity index is 810. The smallest absolute Gasteiger partial charge is 0.248 e. The minimum atomic E-state index is -0.220. The van der Waals surface area contributed by atoms with Crippen molar-refractivity contribution in [3.05, 3.63) is 54.1 Å². The standard InChI is InChI=1S/C22H25NO5/c1-25-20-11-5-16(14-21(20)26-2)6-12-22(24)23-17-7-9-18(10-8-17)28-15-19-4-3-13-27-19/h5-12,14,19H,3-4,13,15H2,1-2H3,(H,23,24)/b12-6-/t19-/m0/s1. The molecule has 0 radical (unpaired) electrons. The Kier molecular flexibility index (Phi) is 6.92. The highest BCUT2D eigenvalue weighted by Crippen LogP contribution is 2.28. The van der Waals surface area contributed by atoms with Crippen LogP contribution in [0.2, 0.25) is 0 Å². The van der Waals surface area contributed by atoms with Crippen molar-refractivity contribution in [1.29, 1.82) is 0 Å². The molecule has 0 bridgehead atoms. The van der Waals surface area contributed by atoms with Crippen LogP contribution in [-0.2, 0) is 9.53 Å². The summed E-state index contributed by atoms with van der Waals surface area (Å²) in [5.74, 6) is 1.80. The summed E-state index contributed by atoms with van der Waals surface area (Å²) >= 11 is 0. The third kappa shape index (κ3) is 5.50. The van der Waals surface area contributed by atoms with Gasteiger partial charge in [0, 0.05) is 18.4 Å². The third-order valence-corrected chi connectivity index (χ3v) is 4.42. The highest BCUT2D eigenvalue weighted by Gasteiger charge is 2.15. The van der Waals surface area contributed by atoms with Gasteiger partial charge >= 0.3 is 0 Å². The number of carbonyl (C=O) groups is 1. The van der Waals surface area contributed by atoms with E-state index < -0.39 is 0 Å². The van der Waals surface area contributed by atoms with Crippen LogP contribution >= 0.6 is 0 Å². The topological polar surface area (TPSA) is 66.0 Å². The van der Waals surface area contributed by atoms with Crippen LogP contribution in [0.15, 0.2) is 48.5 Å². The number of methoxy groups -OCH3 is 2. The Hall–Kier alpha value is -2.99. The van der Waals surface area contributed by atoms with E-state index in [1.165, 1.54) is 6.08 Å². The Morgan fingerprint density at radius 2 is 1.93 bits per heavy atom. The highest BCUT2D eigenvalue weighted by molar-refractivity contribution is 6.01. The van der Waals surface area contributed by atoms with E-state index in [2.05, 4.69) is 5.32 Å². The molecule has 148 valence electrons. The fourth-order valence-electron chi connectivity index (χ4n) is 2.91. The van der Waals surface area contributed by atoms with Crippen LogP contribution in [-0.4, -0.2) is 39.4 Å². The Balaban J connectivity index is 1.52. The maximum Gasteiger partial charge on any atom is 0.248 e. The summed E-state index contributed by atoms with van der Waals surface area (Å²) in [5.41, 5.74) is 1.54. The molecule has 0 saturated carbocycles. The number of carbonyl (C=O) groups excluding carboxylic acids is 1. The van der Waals surface area contributed by atoms with Crippen molar-refractivity contribution in [2.24, 2.45) is 0 Å². The van der Waals surface area contributed by atoms with Gasteiger partial charge in [0.15, 0.2) is 11.5 Å². The predicted octanol–water partition coefficient (Wildman–Crippen LogP) is 3.91. The second kappa shape index (κ2) is 9.80. The van der Waals surface area contributed by atoms with Crippen molar-refractivity contribution in [2.75, 3.05) is 32.8 Å². The first kappa shape index (κ1) is 19.8. The molecule has 1 aliphatic heterocycles. The average molecular weight is 383 g/mol. The van der Waals surface area contributed by atoms with Gasteiger partial charge in [-0.2, -0.15) is 0 Å². The lowest BCUT2D eigenvalue weighted by molar-refractivity contribution is -0.111. The number of hydrogen-bond donors (Lipinski definition) is 1. The lowest BCUT2D eigenvalue weighted by Gasteiger charge is -2.11. The summed E-state index contributed by atoms with van der Waals surface area (Å²) in [6.45, 7) is 1.37. The van der Waals surface area contributed by atoms with Crippen molar-refractivity contribution in [2.45, 2.75) is 18.9 Å². The van der Waals surface area contributed by atoms with Gasteiger partial charge in [-0.15, -0.1) is 0 Å². The first-order valence-corrected chi connectivity index (χ1v) is 9.23. The van der Waals surface area contributed by atoms with Crippen molar-refractivity contribution in [3.8, 4) is 17.2 Å². The number of nitrogens with one attached hydrogen (secondary N) is 1. The van der Waals surface area contributed by atoms with Gasteiger partial charge in [-0.3, -0.25) is 4.79 Å². The maximum absolute atomic E-state index is 12.1. The SMILES string of the molecule is COc1ccc(/C=C\C(=O)Nc2ccc(OC[C@@H]3CCCO3)cc2)cc1OC. The van der Waals surface area contributed by atoms with Gasteiger partial charge in [-0.1, -0.05) is 6.07 Å². The molecule has 1 fully saturated rings. The molecule has 6 nitrogen and oxygen atoms in total. The Morgan fingerprint density at radius 1 is 1.14 bits per heavy atom. The van der Waals surface area contributed by atoms with Crippen LogP contribution in [0.1, 0.15) is 18.4 Å². The van der Waals surface area contributed by atoms with E-state index >= 15 is 0 Å². The van der Waals surface area contributed by atoms with E-state index in [4.69, 9.17) is 18.9 Å². The lowest BCUT2D eigenvalue weighted by Crippen LogP contribution is -2.16. The number of ether oxygens (including phenoxy) is 4. The van der Waals surface area contributed by atoms with Crippen LogP contribution in [0.25, 0.3) is 6.08 Å². The van der Waals surface area contributed by atoms with Crippen molar-refractivity contribution in [1.82, 2.24) is 0 Å². The first-order chi connectivity index (χ1) is 13.7. The summed E-state index contributed by atoms with van der Waals surface area (Å²) in [7, 11) is 3.16. The molecular formula is C22H25NO5. The van der Waals surface area contributed by atoms with Crippen LogP contribution < -0.4 is 19.5 Å². The van der Waals surface area contributed by atoms with E-state index in [0.29, 0.717) is 23.8 Å². The van der Waals surface area contributed by atoms with Crippen LogP contribution in [0.4, 0.5) is 5.69 Å². The molecule has 1 N–H and O–H groups in total. The second-order valence-corrected chi connectivity index (χ2v) is 6.41. The highest BCUT2D eigenvalue weighted by atomic mass is 16.5. The van der Waals surface area contributed by atoms with E-state index in [1.54, 1.807) is 26.4 Å². The molecule has 1 saturated heterocycles. The fourth-order valence-corrected chi connectivity index (χ4v) is 2.91. The van der Waals surface area contributed by atoms with Crippen LogP contribution in [0, 0.1) is 0 Å². The van der Waals surface area contributed by atoms with Crippen molar-refractivity contribution < 1.29 is 23.7 Å². The fraction of sp³-hybridized carbons (Fsp3) is 0.318. The maximum atomic E-state index is 12.1. The third-order valence-electron chi connectivity index (χ3n) is 4.42. The molecule has 1 heterocycles. The van der Waals surface area contributed by atoms with Gasteiger partial charge in [-0.05, 0) is 60.9 Å². The van der Waals surface area contributed by atoms with Gasteiger partial charge in [0.2, 0.25) is 5.91 Å². The number of benzene rings is 2. The molecular weight excluding hydrogens is 358 g/mol. The van der Waals surface area contributed by atoms with E-state index in [1.807, 2.05) is 36.4 Å². The molecule has 1 amide bonds. The van der Waals surface area contributed by atoms with Gasteiger partial charge in [0.1, 0.15) is 12.4 Å². The molecule has 1 atom stereocenters. The Labute approximate surface area is 165 Å². The molecule has 2 aromatic carbocycles. The summed E-state index contributed by atoms with van der Waals surface area (Å²) in [6.07, 6.45) is 5.51. The molecule has 3 rings (SSSR count). The summed E-state index contributed by atoms with van der Waals surface area (Å²) < 4.78 is 21.7. The molecule has 1 aliphatic rings. The summed E-state index contributed by atoms with van der Waals surface area (Å²) in [4.78, 5) is 12.1. The second-order valence-electron chi connectivity index (χ2n) is 6.41. The number of rotatable bonds is 8. The first-order valence-electron chi connectivity index (χ1n) is 9.23. The van der Waals surface area contributed by atoms with Crippen LogP contribution in [0.3, 0.4) is 0 Å². The lowest BCUT2D eigenvalue weighted by atomic mass is 10.2. The minimum Gasteiger partial charge on any atom is -0.493 e. The molecule has 6 heteroatoms. The zero-order valence-corrected chi connectivity index (χ0v) is 16.1. The molecule has 0 aliphatic carbocycles. The molecule has 0 spiro atoms. The van der Waals surface area contributed by atoms with E-state index in [-0.39, 0.29) is 12.0 Å². The number of anilines is 1.